The summed E-state index contributed by atoms with van der Waals surface area (Å²) in [6.45, 7) is 4.96. The van der Waals surface area contributed by atoms with Crippen molar-refractivity contribution in [3.8, 4) is 0 Å². The molecule has 0 saturated carbocycles. The Labute approximate surface area is 96.7 Å². The molecule has 0 radical (unpaired) electrons. The summed E-state index contributed by atoms with van der Waals surface area (Å²) in [5.74, 6) is 0. The molecule has 1 rings (SSSR count). The van der Waals surface area contributed by atoms with Crippen molar-refractivity contribution in [1.82, 2.24) is 15.1 Å². The van der Waals surface area contributed by atoms with E-state index in [2.05, 4.69) is 17.3 Å². The van der Waals surface area contributed by atoms with Gasteiger partial charge in [0.15, 0.2) is 0 Å². The van der Waals surface area contributed by atoms with Crippen LogP contribution in [0.25, 0.3) is 0 Å². The molecule has 0 aliphatic rings. The van der Waals surface area contributed by atoms with E-state index < -0.39 is 0 Å². The lowest BCUT2D eigenvalue weighted by Crippen LogP contribution is -2.23. The van der Waals surface area contributed by atoms with Gasteiger partial charge in [-0.25, -0.2) is 0 Å². The number of ether oxygens (including phenoxy) is 2. The van der Waals surface area contributed by atoms with Crippen LogP contribution in [0.1, 0.15) is 18.5 Å². The SMILES string of the molecule is COCCOCCNC(C)c1cnn(C)c1. The number of aryl methyl sites for hydroxylation is 1. The topological polar surface area (TPSA) is 48.3 Å². The first-order valence-corrected chi connectivity index (χ1v) is 5.52. The highest BCUT2D eigenvalue weighted by Crippen LogP contribution is 2.09. The summed E-state index contributed by atoms with van der Waals surface area (Å²) in [5.41, 5.74) is 1.19. The second-order valence-corrected chi connectivity index (χ2v) is 3.73. The van der Waals surface area contributed by atoms with E-state index in [0.29, 0.717) is 25.9 Å². The molecular weight excluding hydrogens is 206 g/mol. The van der Waals surface area contributed by atoms with E-state index in [1.807, 2.05) is 24.1 Å². The molecule has 0 fully saturated rings. The Morgan fingerprint density at radius 2 is 2.25 bits per heavy atom. The van der Waals surface area contributed by atoms with E-state index in [0.717, 1.165) is 6.54 Å². The lowest BCUT2D eigenvalue weighted by molar-refractivity contribution is 0.0712. The fourth-order valence-electron chi connectivity index (χ4n) is 1.37. The molecule has 92 valence electrons. The maximum atomic E-state index is 5.36. The second kappa shape index (κ2) is 7.38. The van der Waals surface area contributed by atoms with E-state index in [9.17, 15) is 0 Å². The van der Waals surface area contributed by atoms with Crippen LogP contribution in [0.4, 0.5) is 0 Å². The second-order valence-electron chi connectivity index (χ2n) is 3.73. The van der Waals surface area contributed by atoms with Gasteiger partial charge in [-0.15, -0.1) is 0 Å². The lowest BCUT2D eigenvalue weighted by atomic mass is 10.2. The van der Waals surface area contributed by atoms with E-state index in [1.54, 1.807) is 7.11 Å². The van der Waals surface area contributed by atoms with Crippen LogP contribution < -0.4 is 5.32 Å². The average Bonchev–Trinajstić information content (AvgIpc) is 2.70. The van der Waals surface area contributed by atoms with Crippen LogP contribution in [0.5, 0.6) is 0 Å². The van der Waals surface area contributed by atoms with Crippen molar-refractivity contribution in [3.05, 3.63) is 18.0 Å². The molecule has 0 bridgehead atoms. The molecule has 0 aromatic carbocycles. The van der Waals surface area contributed by atoms with Gasteiger partial charge in [0.25, 0.3) is 0 Å². The third kappa shape index (κ3) is 4.74. The van der Waals surface area contributed by atoms with Gasteiger partial charge < -0.3 is 14.8 Å². The molecule has 1 heterocycles. The van der Waals surface area contributed by atoms with Gasteiger partial charge in [0, 0.05) is 38.5 Å². The zero-order valence-electron chi connectivity index (χ0n) is 10.3. The normalized spacial score (nSPS) is 12.9. The summed E-state index contributed by atoms with van der Waals surface area (Å²) in [5, 5.41) is 7.51. The Bertz CT molecular complexity index is 289. The summed E-state index contributed by atoms with van der Waals surface area (Å²) in [4.78, 5) is 0. The fourth-order valence-corrected chi connectivity index (χ4v) is 1.37. The Morgan fingerprint density at radius 3 is 2.88 bits per heavy atom. The molecule has 5 nitrogen and oxygen atoms in total. The van der Waals surface area contributed by atoms with Gasteiger partial charge in [-0.05, 0) is 6.92 Å². The van der Waals surface area contributed by atoms with Crippen molar-refractivity contribution in [1.29, 1.82) is 0 Å². The van der Waals surface area contributed by atoms with Gasteiger partial charge in [-0.1, -0.05) is 0 Å². The molecule has 1 atom stereocenters. The molecule has 1 unspecified atom stereocenters. The molecule has 0 spiro atoms. The summed E-state index contributed by atoms with van der Waals surface area (Å²) < 4.78 is 12.1. The first kappa shape index (κ1) is 13.2. The van der Waals surface area contributed by atoms with E-state index >= 15 is 0 Å². The molecule has 1 N–H and O–H groups in total. The largest absolute Gasteiger partial charge is 0.382 e. The minimum Gasteiger partial charge on any atom is -0.382 e. The highest BCUT2D eigenvalue weighted by atomic mass is 16.5. The van der Waals surface area contributed by atoms with Crippen molar-refractivity contribution in [2.45, 2.75) is 13.0 Å². The van der Waals surface area contributed by atoms with Crippen LogP contribution >= 0.6 is 0 Å². The zero-order valence-corrected chi connectivity index (χ0v) is 10.3. The van der Waals surface area contributed by atoms with Gasteiger partial charge in [0.1, 0.15) is 0 Å². The molecule has 1 aromatic heterocycles. The predicted octanol–water partition coefficient (Wildman–Crippen LogP) is 0.734. The number of aromatic nitrogens is 2. The molecule has 0 aliphatic carbocycles. The smallest absolute Gasteiger partial charge is 0.0700 e. The standard InChI is InChI=1S/C11H21N3O2/c1-10(11-8-13-14(2)9-11)12-4-5-16-7-6-15-3/h8-10,12H,4-7H2,1-3H3. The van der Waals surface area contributed by atoms with Crippen LogP contribution in [0.3, 0.4) is 0 Å². The molecule has 0 amide bonds. The Balaban J connectivity index is 2.09. The Hall–Kier alpha value is -0.910. The fraction of sp³-hybridized carbons (Fsp3) is 0.727. The highest BCUT2D eigenvalue weighted by molar-refractivity contribution is 5.08. The number of rotatable bonds is 8. The van der Waals surface area contributed by atoms with Crippen LogP contribution in [0.2, 0.25) is 0 Å². The molecule has 5 heteroatoms. The maximum absolute atomic E-state index is 5.36. The Morgan fingerprint density at radius 1 is 1.44 bits per heavy atom. The predicted molar refractivity (Wildman–Crippen MR) is 62.3 cm³/mol. The number of methoxy groups -OCH3 is 1. The number of hydrogen-bond acceptors (Lipinski definition) is 4. The first-order valence-electron chi connectivity index (χ1n) is 5.52. The van der Waals surface area contributed by atoms with E-state index in [4.69, 9.17) is 9.47 Å². The van der Waals surface area contributed by atoms with E-state index in [1.165, 1.54) is 5.56 Å². The average molecular weight is 227 g/mol. The minimum atomic E-state index is 0.305. The lowest BCUT2D eigenvalue weighted by Gasteiger charge is -2.11. The van der Waals surface area contributed by atoms with E-state index in [-0.39, 0.29) is 0 Å². The van der Waals surface area contributed by atoms with Crippen molar-refractivity contribution in [3.63, 3.8) is 0 Å². The monoisotopic (exact) mass is 227 g/mol. The van der Waals surface area contributed by atoms with Crippen molar-refractivity contribution in [2.24, 2.45) is 7.05 Å². The molecule has 16 heavy (non-hydrogen) atoms. The van der Waals surface area contributed by atoms with Crippen LogP contribution in [-0.4, -0.2) is 43.3 Å². The van der Waals surface area contributed by atoms with Crippen LogP contribution in [0.15, 0.2) is 12.4 Å². The van der Waals surface area contributed by atoms with Crippen LogP contribution in [0, 0.1) is 0 Å². The number of hydrogen-bond donors (Lipinski definition) is 1. The van der Waals surface area contributed by atoms with Gasteiger partial charge in [0.05, 0.1) is 26.0 Å². The molecule has 0 saturated heterocycles. The number of nitrogens with zero attached hydrogens (tertiary/aromatic N) is 2. The van der Waals surface area contributed by atoms with Gasteiger partial charge in [0.2, 0.25) is 0 Å². The molecule has 0 aliphatic heterocycles. The molecule has 1 aromatic rings. The van der Waals surface area contributed by atoms with Gasteiger partial charge >= 0.3 is 0 Å². The Kier molecular flexibility index (Phi) is 6.07. The zero-order chi connectivity index (χ0) is 11.8. The molecular formula is C11H21N3O2. The summed E-state index contributed by atoms with van der Waals surface area (Å²) >= 11 is 0. The van der Waals surface area contributed by atoms with Crippen molar-refractivity contribution in [2.75, 3.05) is 33.5 Å². The first-order chi connectivity index (χ1) is 7.74. The summed E-state index contributed by atoms with van der Waals surface area (Å²) in [6, 6.07) is 0.305. The number of nitrogens with one attached hydrogen (secondary N) is 1. The quantitative estimate of drug-likeness (QED) is 0.665. The van der Waals surface area contributed by atoms with Crippen molar-refractivity contribution >= 4 is 0 Å². The maximum Gasteiger partial charge on any atom is 0.0700 e. The third-order valence-electron chi connectivity index (χ3n) is 2.35. The summed E-state index contributed by atoms with van der Waals surface area (Å²) in [7, 11) is 3.59. The van der Waals surface area contributed by atoms with Crippen molar-refractivity contribution < 1.29 is 9.47 Å². The van der Waals surface area contributed by atoms with Gasteiger partial charge in [-0.2, -0.15) is 5.10 Å². The van der Waals surface area contributed by atoms with Crippen LogP contribution in [-0.2, 0) is 16.5 Å². The summed E-state index contributed by atoms with van der Waals surface area (Å²) in [6.07, 6.45) is 3.90. The minimum absolute atomic E-state index is 0.305. The third-order valence-corrected chi connectivity index (χ3v) is 2.35. The highest BCUT2D eigenvalue weighted by Gasteiger charge is 2.05. The van der Waals surface area contributed by atoms with Gasteiger partial charge in [-0.3, -0.25) is 4.68 Å².